The molecule has 0 radical (unpaired) electrons. The summed E-state index contributed by atoms with van der Waals surface area (Å²) < 4.78 is 0. The fraction of sp³-hybridized carbons (Fsp3) is 0.214. The van der Waals surface area contributed by atoms with Gasteiger partial charge in [-0.05, 0) is 18.2 Å². The van der Waals surface area contributed by atoms with Crippen molar-refractivity contribution < 1.29 is 4.79 Å². The number of hydrogen-bond acceptors (Lipinski definition) is 4. The smallest absolute Gasteiger partial charge is 0.229 e. The third kappa shape index (κ3) is 3.28. The second kappa shape index (κ2) is 5.48. The van der Waals surface area contributed by atoms with Gasteiger partial charge in [0.1, 0.15) is 0 Å². The molecule has 1 N–H and O–H groups in total. The first-order valence-corrected chi connectivity index (χ1v) is 5.94. The average molecular weight is 256 g/mol. The monoisotopic (exact) mass is 256 g/mol. The normalized spacial score (nSPS) is 10.1. The number of amides is 1. The average Bonchev–Trinajstić information content (AvgIpc) is 2.38. The van der Waals surface area contributed by atoms with E-state index in [9.17, 15) is 4.79 Å². The molecule has 0 unspecified atom stereocenters. The maximum absolute atomic E-state index is 11.0. The molecule has 0 atom stereocenters. The summed E-state index contributed by atoms with van der Waals surface area (Å²) in [5.41, 5.74) is 2.89. The third-order valence-corrected chi connectivity index (χ3v) is 2.62. The lowest BCUT2D eigenvalue weighted by molar-refractivity contribution is -0.114. The molecule has 0 bridgehead atoms. The summed E-state index contributed by atoms with van der Waals surface area (Å²) in [4.78, 5) is 21.3. The zero-order valence-electron chi connectivity index (χ0n) is 11.2. The lowest BCUT2D eigenvalue weighted by Gasteiger charge is -2.12. The van der Waals surface area contributed by atoms with Gasteiger partial charge in [-0.2, -0.15) is 0 Å². The van der Waals surface area contributed by atoms with Crippen molar-refractivity contribution in [2.24, 2.45) is 0 Å². The van der Waals surface area contributed by atoms with Gasteiger partial charge in [0.25, 0.3) is 0 Å². The number of hydrogen-bond donors (Lipinski definition) is 1. The molecule has 0 aliphatic heterocycles. The number of carbonyl (C=O) groups is 1. The predicted octanol–water partition coefficient (Wildman–Crippen LogP) is 2.17. The fourth-order valence-corrected chi connectivity index (χ4v) is 1.67. The van der Waals surface area contributed by atoms with E-state index >= 15 is 0 Å². The van der Waals surface area contributed by atoms with Crippen LogP contribution < -0.4 is 10.2 Å². The van der Waals surface area contributed by atoms with Gasteiger partial charge in [0.2, 0.25) is 11.9 Å². The Morgan fingerprint density at radius 1 is 1.16 bits per heavy atom. The van der Waals surface area contributed by atoms with E-state index in [1.165, 1.54) is 6.92 Å². The Bertz CT molecular complexity index is 578. The molecule has 19 heavy (non-hydrogen) atoms. The number of rotatable bonds is 3. The summed E-state index contributed by atoms with van der Waals surface area (Å²) >= 11 is 0. The Balaban J connectivity index is 2.28. The summed E-state index contributed by atoms with van der Waals surface area (Å²) in [6.45, 7) is 1.43. The lowest BCUT2D eigenvalue weighted by Crippen LogP contribution is -2.09. The first-order valence-electron chi connectivity index (χ1n) is 5.94. The van der Waals surface area contributed by atoms with E-state index in [4.69, 9.17) is 0 Å². The van der Waals surface area contributed by atoms with Crippen LogP contribution in [0.3, 0.4) is 0 Å². The molecule has 1 aromatic carbocycles. The molecule has 2 aromatic rings. The summed E-state index contributed by atoms with van der Waals surface area (Å²) in [6.07, 6.45) is 1.63. The Hall–Kier alpha value is -2.43. The number of nitrogens with zero attached hydrogens (tertiary/aromatic N) is 3. The van der Waals surface area contributed by atoms with Gasteiger partial charge < -0.3 is 4.90 Å². The van der Waals surface area contributed by atoms with Crippen molar-refractivity contribution in [3.05, 3.63) is 36.5 Å². The molecule has 0 saturated carbocycles. The molecular formula is C14H16N4O. The minimum Gasteiger partial charge on any atom is -0.378 e. The van der Waals surface area contributed by atoms with Gasteiger partial charge in [-0.1, -0.05) is 12.1 Å². The van der Waals surface area contributed by atoms with Gasteiger partial charge in [-0.3, -0.25) is 10.1 Å². The van der Waals surface area contributed by atoms with Crippen LogP contribution in [0.5, 0.6) is 0 Å². The number of aromatic nitrogens is 2. The van der Waals surface area contributed by atoms with E-state index in [-0.39, 0.29) is 5.91 Å². The Labute approximate surface area is 112 Å². The number of benzene rings is 1. The van der Waals surface area contributed by atoms with Crippen LogP contribution in [0.4, 0.5) is 11.6 Å². The topological polar surface area (TPSA) is 58.1 Å². The molecule has 1 heterocycles. The van der Waals surface area contributed by atoms with E-state index in [1.54, 1.807) is 6.20 Å². The Kier molecular flexibility index (Phi) is 3.75. The van der Waals surface area contributed by atoms with Gasteiger partial charge in [0.05, 0.1) is 5.69 Å². The van der Waals surface area contributed by atoms with Crippen LogP contribution in [0.25, 0.3) is 11.3 Å². The van der Waals surface area contributed by atoms with Crippen molar-refractivity contribution in [3.8, 4) is 11.3 Å². The zero-order chi connectivity index (χ0) is 13.8. The maximum Gasteiger partial charge on any atom is 0.229 e. The lowest BCUT2D eigenvalue weighted by atomic mass is 10.1. The molecule has 0 fully saturated rings. The largest absolute Gasteiger partial charge is 0.378 e. The first kappa shape index (κ1) is 13.0. The summed E-state index contributed by atoms with van der Waals surface area (Å²) in [5, 5.41) is 2.58. The van der Waals surface area contributed by atoms with Crippen LogP contribution in [-0.2, 0) is 4.79 Å². The highest BCUT2D eigenvalue weighted by atomic mass is 16.1. The van der Waals surface area contributed by atoms with E-state index in [0.717, 1.165) is 16.9 Å². The third-order valence-electron chi connectivity index (χ3n) is 2.62. The van der Waals surface area contributed by atoms with E-state index in [2.05, 4.69) is 15.3 Å². The van der Waals surface area contributed by atoms with Gasteiger partial charge in [0, 0.05) is 38.5 Å². The van der Waals surface area contributed by atoms with Crippen molar-refractivity contribution in [1.82, 2.24) is 9.97 Å². The SMILES string of the molecule is CC(=O)Nc1nccc(-c2ccc(N(C)C)cc2)n1. The Morgan fingerprint density at radius 2 is 1.84 bits per heavy atom. The highest BCUT2D eigenvalue weighted by molar-refractivity contribution is 5.86. The molecule has 0 spiro atoms. The van der Waals surface area contributed by atoms with Crippen molar-refractivity contribution in [2.45, 2.75) is 6.92 Å². The predicted molar refractivity (Wildman–Crippen MR) is 76.1 cm³/mol. The van der Waals surface area contributed by atoms with Gasteiger partial charge >= 0.3 is 0 Å². The Morgan fingerprint density at radius 3 is 2.42 bits per heavy atom. The maximum atomic E-state index is 11.0. The minimum atomic E-state index is -0.180. The summed E-state index contributed by atoms with van der Waals surface area (Å²) in [7, 11) is 3.99. The first-order chi connectivity index (χ1) is 9.06. The number of anilines is 2. The van der Waals surface area contributed by atoms with E-state index < -0.39 is 0 Å². The number of nitrogens with one attached hydrogen (secondary N) is 1. The summed E-state index contributed by atoms with van der Waals surface area (Å²) in [5.74, 6) is 0.141. The van der Waals surface area contributed by atoms with Gasteiger partial charge in [0.15, 0.2) is 0 Å². The number of carbonyl (C=O) groups excluding carboxylic acids is 1. The van der Waals surface area contributed by atoms with Crippen LogP contribution in [0.2, 0.25) is 0 Å². The molecule has 0 aliphatic rings. The van der Waals surface area contributed by atoms with Crippen LogP contribution in [0, 0.1) is 0 Å². The molecular weight excluding hydrogens is 240 g/mol. The fourth-order valence-electron chi connectivity index (χ4n) is 1.67. The van der Waals surface area contributed by atoms with Crippen LogP contribution in [0.15, 0.2) is 36.5 Å². The highest BCUT2D eigenvalue weighted by Gasteiger charge is 2.04. The minimum absolute atomic E-state index is 0.180. The van der Waals surface area contributed by atoms with Crippen LogP contribution >= 0.6 is 0 Å². The molecule has 5 nitrogen and oxygen atoms in total. The van der Waals surface area contributed by atoms with Crippen molar-refractivity contribution in [1.29, 1.82) is 0 Å². The molecule has 5 heteroatoms. The van der Waals surface area contributed by atoms with Crippen molar-refractivity contribution in [2.75, 3.05) is 24.3 Å². The quantitative estimate of drug-likeness (QED) is 0.914. The van der Waals surface area contributed by atoms with Crippen molar-refractivity contribution in [3.63, 3.8) is 0 Å². The van der Waals surface area contributed by atoms with E-state index in [0.29, 0.717) is 5.95 Å². The molecule has 0 aliphatic carbocycles. The van der Waals surface area contributed by atoms with Crippen molar-refractivity contribution >= 4 is 17.5 Å². The highest BCUT2D eigenvalue weighted by Crippen LogP contribution is 2.21. The molecule has 1 aromatic heterocycles. The zero-order valence-corrected chi connectivity index (χ0v) is 11.2. The van der Waals surface area contributed by atoms with Gasteiger partial charge in [-0.15, -0.1) is 0 Å². The molecule has 1 amide bonds. The summed E-state index contributed by atoms with van der Waals surface area (Å²) in [6, 6.07) is 9.85. The standard InChI is InChI=1S/C14H16N4O/c1-10(19)16-14-15-9-8-13(17-14)11-4-6-12(7-5-11)18(2)3/h4-9H,1-3H3,(H,15,16,17,19). The molecule has 2 rings (SSSR count). The van der Waals surface area contributed by atoms with Crippen LogP contribution in [-0.4, -0.2) is 30.0 Å². The van der Waals surface area contributed by atoms with E-state index in [1.807, 2.05) is 49.3 Å². The molecule has 0 saturated heterocycles. The van der Waals surface area contributed by atoms with Gasteiger partial charge in [-0.25, -0.2) is 9.97 Å². The molecule has 98 valence electrons. The van der Waals surface area contributed by atoms with Crippen LogP contribution in [0.1, 0.15) is 6.92 Å². The second-order valence-electron chi connectivity index (χ2n) is 4.39. The second-order valence-corrected chi connectivity index (χ2v) is 4.39.